The predicted octanol–water partition coefficient (Wildman–Crippen LogP) is 11.1. The van der Waals surface area contributed by atoms with Gasteiger partial charge in [-0.05, 0) is 24.1 Å². The second-order valence-electron chi connectivity index (χ2n) is 14.4. The fourth-order valence-corrected chi connectivity index (χ4v) is 8.21. The van der Waals surface area contributed by atoms with Crippen molar-refractivity contribution < 1.29 is 0 Å². The first-order valence-corrected chi connectivity index (χ1v) is 19.2. The molecule has 10 aromatic rings. The lowest BCUT2D eigenvalue weighted by atomic mass is 9.89. The lowest BCUT2D eigenvalue weighted by Crippen LogP contribution is -2.15. The maximum atomic E-state index is 5.33. The molecule has 57 heavy (non-hydrogen) atoms. The lowest BCUT2D eigenvalue weighted by Gasteiger charge is -2.20. The first kappa shape index (κ1) is 32.8. The van der Waals surface area contributed by atoms with Crippen molar-refractivity contribution in [3.05, 3.63) is 182 Å². The van der Waals surface area contributed by atoms with Gasteiger partial charge < -0.3 is 0 Å². The van der Waals surface area contributed by atoms with E-state index in [1.54, 1.807) is 0 Å². The van der Waals surface area contributed by atoms with E-state index < -0.39 is 0 Å². The molecule has 1 aliphatic carbocycles. The molecule has 0 amide bonds. The molecule has 4 heterocycles. The number of para-hydroxylation sites is 2. The average molecular weight is 735 g/mol. The smallest absolute Gasteiger partial charge is 0.238 e. The first-order chi connectivity index (χ1) is 28.2. The zero-order valence-electron chi connectivity index (χ0n) is 31.0. The maximum absolute atomic E-state index is 5.33. The summed E-state index contributed by atoms with van der Waals surface area (Å²) in [5, 5.41) is 4.33. The van der Waals surface area contributed by atoms with Crippen molar-refractivity contribution in [2.24, 2.45) is 5.92 Å². The van der Waals surface area contributed by atoms with Crippen LogP contribution in [-0.4, -0.2) is 39.0 Å². The molecule has 0 N–H and O–H groups in total. The number of rotatable bonds is 6. The van der Waals surface area contributed by atoms with Gasteiger partial charge in [0.1, 0.15) is 5.82 Å². The number of aromatic nitrogens is 8. The third-order valence-electron chi connectivity index (χ3n) is 10.9. The van der Waals surface area contributed by atoms with Crippen molar-refractivity contribution >= 4 is 43.6 Å². The second kappa shape index (κ2) is 13.3. The highest BCUT2D eigenvalue weighted by atomic mass is 15.2. The van der Waals surface area contributed by atoms with Crippen LogP contribution >= 0.6 is 0 Å². The zero-order chi connectivity index (χ0) is 37.9. The molecule has 0 bridgehead atoms. The number of benzene rings is 6. The molecule has 11 rings (SSSR count). The number of hydrogen-bond donors (Lipinski definition) is 0. The van der Waals surface area contributed by atoms with E-state index in [1.807, 2.05) is 78.9 Å². The van der Waals surface area contributed by atoms with Gasteiger partial charge in [0, 0.05) is 44.2 Å². The summed E-state index contributed by atoms with van der Waals surface area (Å²) < 4.78 is 4.40. The number of fused-ring (bicyclic) bond motifs is 7. The minimum Gasteiger partial charge on any atom is -0.278 e. The van der Waals surface area contributed by atoms with Crippen molar-refractivity contribution in [2.45, 2.75) is 12.8 Å². The summed E-state index contributed by atoms with van der Waals surface area (Å²) in [5.74, 6) is 3.91. The Balaban J connectivity index is 1.24. The molecule has 8 nitrogen and oxygen atoms in total. The van der Waals surface area contributed by atoms with Crippen molar-refractivity contribution in [1.82, 2.24) is 39.0 Å². The fourth-order valence-electron chi connectivity index (χ4n) is 8.21. The monoisotopic (exact) mass is 734 g/mol. The van der Waals surface area contributed by atoms with E-state index in [2.05, 4.69) is 113 Å². The summed E-state index contributed by atoms with van der Waals surface area (Å²) in [7, 11) is 0. The van der Waals surface area contributed by atoms with Crippen LogP contribution in [0.1, 0.15) is 18.7 Å². The van der Waals surface area contributed by atoms with Crippen LogP contribution in [0.5, 0.6) is 0 Å². The van der Waals surface area contributed by atoms with Crippen LogP contribution in [-0.2, 0) is 0 Å². The van der Waals surface area contributed by atoms with Gasteiger partial charge in [0.15, 0.2) is 17.5 Å². The molecule has 270 valence electrons. The lowest BCUT2D eigenvalue weighted by molar-refractivity contribution is 0.597. The highest BCUT2D eigenvalue weighted by Crippen LogP contribution is 2.42. The standard InChI is InChI=1S/C49H34N8/c1-31-17-11-12-24-35(31)47-51-46(34-22-9-4-10-23-34)54-49(55-47)57-39-27-15-13-25-36(39)37-29-30-41-42(43(37)57)38-26-14-16-28-40(38)56(41)48-52-44(32-18-5-2-6-19-32)50-45(53-48)33-20-7-3-8-21-33/h2-31,35H,1H3. The van der Waals surface area contributed by atoms with E-state index in [0.717, 1.165) is 66.1 Å². The quantitative estimate of drug-likeness (QED) is 0.169. The Labute approximate surface area is 328 Å². The summed E-state index contributed by atoms with van der Waals surface area (Å²) in [6.45, 7) is 2.21. The second-order valence-corrected chi connectivity index (χ2v) is 14.4. The highest BCUT2D eigenvalue weighted by Gasteiger charge is 2.26. The number of allylic oxidation sites excluding steroid dienone is 4. The SMILES string of the molecule is CC1C=CC=CC1c1nc(-c2ccccc2)nc(-n2c3ccccc3c3ccc4c(c5ccccc5n4-c4nc(-c5ccccc5)nc(-c5ccccc5)n4)c32)n1. The first-order valence-electron chi connectivity index (χ1n) is 19.2. The summed E-state index contributed by atoms with van der Waals surface area (Å²) in [6, 6.07) is 51.8. The molecule has 0 saturated heterocycles. The van der Waals surface area contributed by atoms with E-state index in [-0.39, 0.29) is 11.8 Å². The van der Waals surface area contributed by atoms with Gasteiger partial charge in [-0.15, -0.1) is 0 Å². The molecule has 0 saturated carbocycles. The maximum Gasteiger partial charge on any atom is 0.238 e. The topological polar surface area (TPSA) is 87.2 Å². The molecule has 0 radical (unpaired) electrons. The van der Waals surface area contributed by atoms with Crippen LogP contribution in [0.25, 0.3) is 89.7 Å². The number of nitrogens with zero attached hydrogens (tertiary/aromatic N) is 8. The largest absolute Gasteiger partial charge is 0.278 e. The molecule has 2 unspecified atom stereocenters. The van der Waals surface area contributed by atoms with Crippen molar-refractivity contribution in [3.8, 4) is 46.1 Å². The Hall–Kier alpha value is -7.58. The Morgan fingerprint density at radius 3 is 1.53 bits per heavy atom. The van der Waals surface area contributed by atoms with Crippen LogP contribution in [0, 0.1) is 5.92 Å². The molecule has 1 aliphatic rings. The molecule has 0 aliphatic heterocycles. The summed E-state index contributed by atoms with van der Waals surface area (Å²) in [5.41, 5.74) is 6.73. The van der Waals surface area contributed by atoms with Crippen LogP contribution in [0.2, 0.25) is 0 Å². The third kappa shape index (κ3) is 5.45. The van der Waals surface area contributed by atoms with Crippen LogP contribution in [0.15, 0.2) is 176 Å². The van der Waals surface area contributed by atoms with Crippen molar-refractivity contribution in [2.75, 3.05) is 0 Å². The van der Waals surface area contributed by atoms with E-state index in [4.69, 9.17) is 29.9 Å². The van der Waals surface area contributed by atoms with E-state index in [0.29, 0.717) is 29.4 Å². The summed E-state index contributed by atoms with van der Waals surface area (Å²) in [6.07, 6.45) is 8.59. The van der Waals surface area contributed by atoms with Gasteiger partial charge in [-0.3, -0.25) is 9.13 Å². The Kier molecular flexibility index (Phi) is 7.67. The molecule has 2 atom stereocenters. The van der Waals surface area contributed by atoms with Crippen molar-refractivity contribution in [1.29, 1.82) is 0 Å². The van der Waals surface area contributed by atoms with Gasteiger partial charge in [-0.2, -0.15) is 19.9 Å². The molecule has 0 spiro atoms. The van der Waals surface area contributed by atoms with Gasteiger partial charge in [0.05, 0.1) is 22.1 Å². The van der Waals surface area contributed by atoms with Crippen LogP contribution in [0.4, 0.5) is 0 Å². The van der Waals surface area contributed by atoms with Gasteiger partial charge in [-0.25, -0.2) is 9.97 Å². The molecule has 6 aromatic carbocycles. The third-order valence-corrected chi connectivity index (χ3v) is 10.9. The average Bonchev–Trinajstić information content (AvgIpc) is 3.80. The molecular formula is C49H34N8. The molecule has 8 heteroatoms. The van der Waals surface area contributed by atoms with Gasteiger partial charge in [0.2, 0.25) is 11.9 Å². The van der Waals surface area contributed by atoms with E-state index >= 15 is 0 Å². The zero-order valence-corrected chi connectivity index (χ0v) is 31.0. The normalized spacial score (nSPS) is 15.3. The van der Waals surface area contributed by atoms with Gasteiger partial charge in [0.25, 0.3) is 0 Å². The van der Waals surface area contributed by atoms with Crippen molar-refractivity contribution in [3.63, 3.8) is 0 Å². The highest BCUT2D eigenvalue weighted by molar-refractivity contribution is 6.26. The number of hydrogen-bond acceptors (Lipinski definition) is 6. The Morgan fingerprint density at radius 2 is 0.912 bits per heavy atom. The summed E-state index contributed by atoms with van der Waals surface area (Å²) >= 11 is 0. The van der Waals surface area contributed by atoms with Gasteiger partial charge >= 0.3 is 0 Å². The fraction of sp³-hybridized carbons (Fsp3) is 0.0612. The van der Waals surface area contributed by atoms with Crippen LogP contribution in [0.3, 0.4) is 0 Å². The van der Waals surface area contributed by atoms with E-state index in [1.165, 1.54) is 0 Å². The predicted molar refractivity (Wildman–Crippen MR) is 228 cm³/mol. The minimum absolute atomic E-state index is 0.00399. The Bertz CT molecular complexity index is 3140. The Morgan fingerprint density at radius 1 is 0.404 bits per heavy atom. The molecular weight excluding hydrogens is 701 g/mol. The van der Waals surface area contributed by atoms with Gasteiger partial charge in [-0.1, -0.05) is 165 Å². The van der Waals surface area contributed by atoms with Crippen LogP contribution < -0.4 is 0 Å². The minimum atomic E-state index is -0.00399. The molecule has 0 fully saturated rings. The van der Waals surface area contributed by atoms with E-state index in [9.17, 15) is 0 Å². The molecule has 4 aromatic heterocycles. The summed E-state index contributed by atoms with van der Waals surface area (Å²) in [4.78, 5) is 31.1.